The van der Waals surface area contributed by atoms with Crippen LogP contribution in [0, 0.1) is 11.3 Å². The monoisotopic (exact) mass is 274 g/mol. The van der Waals surface area contributed by atoms with Crippen LogP contribution in [0.25, 0.3) is 0 Å². The van der Waals surface area contributed by atoms with E-state index in [9.17, 15) is 19.2 Å². The van der Waals surface area contributed by atoms with Crippen molar-refractivity contribution in [2.24, 2.45) is 11.3 Å². The third kappa shape index (κ3) is 2.90. The predicted molar refractivity (Wildman–Crippen MR) is 60.3 cm³/mol. The van der Waals surface area contributed by atoms with Gasteiger partial charge in [-0.3, -0.25) is 19.2 Å². The normalized spacial score (nSPS) is 12.3. The summed E-state index contributed by atoms with van der Waals surface area (Å²) in [4.78, 5) is 45.1. The highest BCUT2D eigenvalue weighted by atomic mass is 16.5. The average molecular weight is 274 g/mol. The van der Waals surface area contributed by atoms with Gasteiger partial charge in [0.15, 0.2) is 0 Å². The lowest BCUT2D eigenvalue weighted by Gasteiger charge is -2.27. The van der Waals surface area contributed by atoms with Gasteiger partial charge in [-0.2, -0.15) is 0 Å². The van der Waals surface area contributed by atoms with Crippen LogP contribution in [0.4, 0.5) is 0 Å². The number of carboxylic acids is 3. The molecule has 106 valence electrons. The quantitative estimate of drug-likeness (QED) is 0.319. The van der Waals surface area contributed by atoms with E-state index in [4.69, 9.17) is 15.3 Å². The molecule has 0 rings (SSSR count). The number of hydrogen-bond donors (Lipinski definition) is 3. The molecule has 8 heteroatoms. The Bertz CT molecular complexity index is 397. The first kappa shape index (κ1) is 16.6. The minimum atomic E-state index is -3.18. The van der Waals surface area contributed by atoms with Crippen molar-refractivity contribution in [3.8, 4) is 0 Å². The fourth-order valence-electron chi connectivity index (χ4n) is 1.62. The van der Waals surface area contributed by atoms with E-state index in [0.717, 1.165) is 6.08 Å². The van der Waals surface area contributed by atoms with Gasteiger partial charge in [-0.15, -0.1) is 0 Å². The topological polar surface area (TPSA) is 138 Å². The lowest BCUT2D eigenvalue weighted by molar-refractivity contribution is -0.188. The van der Waals surface area contributed by atoms with Crippen LogP contribution in [0.3, 0.4) is 0 Å². The molecule has 0 aliphatic rings. The molecule has 19 heavy (non-hydrogen) atoms. The summed E-state index contributed by atoms with van der Waals surface area (Å²) in [5, 5.41) is 27.0. The molecule has 3 N–H and O–H groups in total. The van der Waals surface area contributed by atoms with Gasteiger partial charge in [0.1, 0.15) is 6.61 Å². The number of ether oxygens (including phenoxy) is 1. The predicted octanol–water partition coefficient (Wildman–Crippen LogP) is -0.0180. The van der Waals surface area contributed by atoms with Gasteiger partial charge in [0.05, 0.1) is 5.92 Å². The second-order valence-corrected chi connectivity index (χ2v) is 3.60. The van der Waals surface area contributed by atoms with Crippen molar-refractivity contribution in [3.05, 3.63) is 12.7 Å². The first-order valence-corrected chi connectivity index (χ1v) is 5.24. The Kier molecular flexibility index (Phi) is 5.71. The van der Waals surface area contributed by atoms with Gasteiger partial charge in [0.25, 0.3) is 5.41 Å². The molecule has 0 heterocycles. The minimum Gasteiger partial charge on any atom is -0.481 e. The van der Waals surface area contributed by atoms with E-state index in [0.29, 0.717) is 0 Å². The van der Waals surface area contributed by atoms with Gasteiger partial charge in [-0.05, 0) is 6.42 Å². The lowest BCUT2D eigenvalue weighted by Crippen LogP contribution is -2.55. The number of carbonyl (C=O) groups excluding carboxylic acids is 1. The molecule has 0 saturated heterocycles. The Hall–Kier alpha value is -2.38. The minimum absolute atomic E-state index is 0.364. The van der Waals surface area contributed by atoms with Crippen LogP contribution >= 0.6 is 0 Å². The highest BCUT2D eigenvalue weighted by molar-refractivity contribution is 6.19. The maximum Gasteiger partial charge on any atom is 0.336 e. The number of carbonyl (C=O) groups is 4. The first-order chi connectivity index (χ1) is 8.76. The van der Waals surface area contributed by atoms with Crippen molar-refractivity contribution >= 4 is 23.9 Å². The number of carboxylic acid groups (broad SMARTS) is 3. The highest BCUT2D eigenvalue weighted by Gasteiger charge is 2.63. The fraction of sp³-hybridized carbons (Fsp3) is 0.455. The van der Waals surface area contributed by atoms with Crippen molar-refractivity contribution in [1.82, 2.24) is 0 Å². The van der Waals surface area contributed by atoms with Crippen molar-refractivity contribution in [3.63, 3.8) is 0 Å². The number of aliphatic carboxylic acids is 3. The summed E-state index contributed by atoms with van der Waals surface area (Å²) in [5.74, 6) is -9.45. The maximum atomic E-state index is 11.7. The standard InChI is InChI=1S/C11H14O8/c1-3-5-19-10(18)11(8(14)15,9(16)17)6(4-2)7(12)13/h3,6H,1,4-5H2,2H3,(H,12,13)(H,14,15)(H,16,17). The van der Waals surface area contributed by atoms with Gasteiger partial charge in [0.2, 0.25) is 0 Å². The van der Waals surface area contributed by atoms with Gasteiger partial charge < -0.3 is 20.1 Å². The van der Waals surface area contributed by atoms with E-state index in [2.05, 4.69) is 11.3 Å². The molecule has 8 nitrogen and oxygen atoms in total. The summed E-state index contributed by atoms with van der Waals surface area (Å²) in [6, 6.07) is 0. The molecule has 0 aromatic heterocycles. The summed E-state index contributed by atoms with van der Waals surface area (Å²) in [6.07, 6.45) is 0.741. The van der Waals surface area contributed by atoms with Crippen molar-refractivity contribution in [1.29, 1.82) is 0 Å². The Balaban J connectivity index is 5.88. The second kappa shape index (κ2) is 6.53. The number of rotatable bonds is 8. The SMILES string of the molecule is C=CCOC(=O)C(C(=O)O)(C(=O)O)C(CC)C(=O)O. The largest absolute Gasteiger partial charge is 0.481 e. The summed E-state index contributed by atoms with van der Waals surface area (Å²) in [7, 11) is 0. The van der Waals surface area contributed by atoms with E-state index in [1.807, 2.05) is 0 Å². The molecule has 1 unspecified atom stereocenters. The Morgan fingerprint density at radius 1 is 1.21 bits per heavy atom. The molecule has 1 atom stereocenters. The van der Waals surface area contributed by atoms with Crippen LogP contribution in [0.1, 0.15) is 13.3 Å². The van der Waals surface area contributed by atoms with Gasteiger partial charge in [0, 0.05) is 0 Å². The lowest BCUT2D eigenvalue weighted by atomic mass is 9.73. The molecule has 0 aromatic rings. The van der Waals surface area contributed by atoms with E-state index >= 15 is 0 Å². The van der Waals surface area contributed by atoms with E-state index in [1.165, 1.54) is 6.92 Å². The Morgan fingerprint density at radius 3 is 1.95 bits per heavy atom. The molecule has 0 amide bonds. The maximum absolute atomic E-state index is 11.7. The smallest absolute Gasteiger partial charge is 0.336 e. The van der Waals surface area contributed by atoms with E-state index < -0.39 is 41.8 Å². The van der Waals surface area contributed by atoms with Crippen molar-refractivity contribution < 1.29 is 39.2 Å². The highest BCUT2D eigenvalue weighted by Crippen LogP contribution is 2.33. The van der Waals surface area contributed by atoms with E-state index in [1.54, 1.807) is 0 Å². The molecular weight excluding hydrogens is 260 g/mol. The van der Waals surface area contributed by atoms with Crippen molar-refractivity contribution in [2.45, 2.75) is 13.3 Å². The Morgan fingerprint density at radius 2 is 1.68 bits per heavy atom. The third-order valence-corrected chi connectivity index (χ3v) is 2.56. The molecule has 0 spiro atoms. The van der Waals surface area contributed by atoms with Crippen molar-refractivity contribution in [2.75, 3.05) is 6.61 Å². The van der Waals surface area contributed by atoms with Gasteiger partial charge in [-0.1, -0.05) is 19.6 Å². The zero-order chi connectivity index (χ0) is 15.2. The first-order valence-electron chi connectivity index (χ1n) is 5.24. The van der Waals surface area contributed by atoms with Crippen LogP contribution in [0.5, 0.6) is 0 Å². The molecule has 0 radical (unpaired) electrons. The second-order valence-electron chi connectivity index (χ2n) is 3.60. The van der Waals surface area contributed by atoms with Crippen LogP contribution in [-0.4, -0.2) is 45.8 Å². The van der Waals surface area contributed by atoms with Gasteiger partial charge in [-0.25, -0.2) is 0 Å². The average Bonchev–Trinajstić information content (AvgIpc) is 2.30. The zero-order valence-corrected chi connectivity index (χ0v) is 10.2. The summed E-state index contributed by atoms with van der Waals surface area (Å²) >= 11 is 0. The molecule has 0 aromatic carbocycles. The molecule has 0 fully saturated rings. The molecule has 0 bridgehead atoms. The summed E-state index contributed by atoms with van der Waals surface area (Å²) < 4.78 is 4.43. The summed E-state index contributed by atoms with van der Waals surface area (Å²) in [5.41, 5.74) is -3.18. The van der Waals surface area contributed by atoms with Crippen LogP contribution in [-0.2, 0) is 23.9 Å². The summed E-state index contributed by atoms with van der Waals surface area (Å²) in [6.45, 7) is 4.06. The fourth-order valence-corrected chi connectivity index (χ4v) is 1.62. The van der Waals surface area contributed by atoms with Gasteiger partial charge >= 0.3 is 23.9 Å². The third-order valence-electron chi connectivity index (χ3n) is 2.56. The number of esters is 1. The van der Waals surface area contributed by atoms with Crippen LogP contribution < -0.4 is 0 Å². The Labute approximate surface area is 108 Å². The molecule has 0 aliphatic carbocycles. The van der Waals surface area contributed by atoms with E-state index in [-0.39, 0.29) is 6.42 Å². The zero-order valence-electron chi connectivity index (χ0n) is 10.2. The molecular formula is C11H14O8. The van der Waals surface area contributed by atoms with Crippen LogP contribution in [0.2, 0.25) is 0 Å². The van der Waals surface area contributed by atoms with Crippen LogP contribution in [0.15, 0.2) is 12.7 Å². The molecule has 0 saturated carbocycles. The number of hydrogen-bond acceptors (Lipinski definition) is 5. The molecule has 0 aliphatic heterocycles.